The summed E-state index contributed by atoms with van der Waals surface area (Å²) in [6.07, 6.45) is -0.396. The molecule has 7 heteroatoms. The van der Waals surface area contributed by atoms with Crippen LogP contribution >= 0.6 is 0 Å². The zero-order valence-electron chi connectivity index (χ0n) is 15.2. The average Bonchev–Trinajstić information content (AvgIpc) is 2.71. The van der Waals surface area contributed by atoms with Crippen LogP contribution in [0.3, 0.4) is 0 Å². The molecule has 1 atom stereocenters. The van der Waals surface area contributed by atoms with Crippen molar-refractivity contribution in [3.63, 3.8) is 0 Å². The molecule has 2 amide bonds. The fourth-order valence-corrected chi connectivity index (χ4v) is 2.23. The van der Waals surface area contributed by atoms with Gasteiger partial charge < -0.3 is 9.47 Å². The van der Waals surface area contributed by atoms with Crippen LogP contribution in [-0.4, -0.2) is 31.0 Å². The van der Waals surface area contributed by atoms with E-state index in [4.69, 9.17) is 9.47 Å². The second-order valence-corrected chi connectivity index (χ2v) is 5.79. The highest BCUT2D eigenvalue weighted by atomic mass is 16.5. The van der Waals surface area contributed by atoms with Crippen LogP contribution in [0, 0.1) is 0 Å². The van der Waals surface area contributed by atoms with E-state index in [1.165, 1.54) is 6.92 Å². The lowest BCUT2D eigenvalue weighted by molar-refractivity contribution is -0.155. The van der Waals surface area contributed by atoms with E-state index in [2.05, 4.69) is 10.9 Å². The predicted molar refractivity (Wildman–Crippen MR) is 98.9 cm³/mol. The molecule has 0 bridgehead atoms. The topological polar surface area (TPSA) is 93.7 Å². The summed E-state index contributed by atoms with van der Waals surface area (Å²) in [4.78, 5) is 35.7. The summed E-state index contributed by atoms with van der Waals surface area (Å²) < 4.78 is 10.2. The molecule has 0 radical (unpaired) electrons. The van der Waals surface area contributed by atoms with Crippen LogP contribution in [0.25, 0.3) is 0 Å². The lowest BCUT2D eigenvalue weighted by Gasteiger charge is -2.14. The van der Waals surface area contributed by atoms with Gasteiger partial charge >= 0.3 is 5.97 Å². The quantitative estimate of drug-likeness (QED) is 0.574. The van der Waals surface area contributed by atoms with Crippen molar-refractivity contribution in [1.29, 1.82) is 0 Å². The molecule has 0 unspecified atom stereocenters. The fraction of sp³-hybridized carbons (Fsp3) is 0.250. The van der Waals surface area contributed by atoms with Gasteiger partial charge in [0, 0.05) is 12.0 Å². The van der Waals surface area contributed by atoms with Gasteiger partial charge in [0.2, 0.25) is 0 Å². The summed E-state index contributed by atoms with van der Waals surface area (Å²) in [7, 11) is 1.58. The third kappa shape index (κ3) is 6.47. The maximum atomic E-state index is 11.9. The van der Waals surface area contributed by atoms with Crippen LogP contribution in [0.5, 0.6) is 5.75 Å². The molecule has 2 aromatic carbocycles. The minimum Gasteiger partial charge on any atom is -0.497 e. The van der Waals surface area contributed by atoms with E-state index in [9.17, 15) is 14.4 Å². The molecule has 7 nitrogen and oxygen atoms in total. The largest absolute Gasteiger partial charge is 0.497 e. The molecule has 27 heavy (non-hydrogen) atoms. The highest BCUT2D eigenvalue weighted by molar-refractivity contribution is 5.95. The predicted octanol–water partition coefficient (Wildman–Crippen LogP) is 2.02. The number of hydrazine groups is 1. The van der Waals surface area contributed by atoms with Crippen molar-refractivity contribution in [1.82, 2.24) is 10.9 Å². The molecule has 0 aliphatic heterocycles. The normalized spacial score (nSPS) is 11.2. The van der Waals surface area contributed by atoms with E-state index in [-0.39, 0.29) is 6.42 Å². The molecule has 0 fully saturated rings. The maximum absolute atomic E-state index is 11.9. The van der Waals surface area contributed by atoms with Crippen LogP contribution in [0.4, 0.5) is 0 Å². The van der Waals surface area contributed by atoms with Gasteiger partial charge in [-0.05, 0) is 43.2 Å². The Hall–Kier alpha value is -3.35. The number of hydrogen-bond acceptors (Lipinski definition) is 5. The van der Waals surface area contributed by atoms with Crippen molar-refractivity contribution in [2.75, 3.05) is 7.11 Å². The number of amides is 2. The lowest BCUT2D eigenvalue weighted by atomic mass is 10.1. The van der Waals surface area contributed by atoms with Gasteiger partial charge in [0.1, 0.15) is 5.75 Å². The van der Waals surface area contributed by atoms with Gasteiger partial charge in [-0.1, -0.05) is 30.3 Å². The van der Waals surface area contributed by atoms with Crippen LogP contribution in [0.2, 0.25) is 0 Å². The van der Waals surface area contributed by atoms with Crippen LogP contribution in [0.15, 0.2) is 54.6 Å². The molecule has 2 N–H and O–H groups in total. The summed E-state index contributed by atoms with van der Waals surface area (Å²) >= 11 is 0. The second-order valence-electron chi connectivity index (χ2n) is 5.79. The first kappa shape index (κ1) is 20.0. The Morgan fingerprint density at radius 1 is 0.963 bits per heavy atom. The minimum atomic E-state index is -1.02. The van der Waals surface area contributed by atoms with Gasteiger partial charge in [0.15, 0.2) is 6.10 Å². The first-order chi connectivity index (χ1) is 13.0. The number of benzene rings is 2. The third-order valence-corrected chi connectivity index (χ3v) is 3.79. The molecule has 0 aliphatic carbocycles. The minimum absolute atomic E-state index is 0.139. The molecule has 2 rings (SSSR count). The SMILES string of the molecule is COc1ccc(CCC(=O)O[C@@H](C)C(=O)NNC(=O)c2ccccc2)cc1. The third-order valence-electron chi connectivity index (χ3n) is 3.79. The maximum Gasteiger partial charge on any atom is 0.306 e. The molecule has 0 aliphatic rings. The highest BCUT2D eigenvalue weighted by Gasteiger charge is 2.18. The van der Waals surface area contributed by atoms with Gasteiger partial charge in [-0.25, -0.2) is 0 Å². The zero-order valence-corrected chi connectivity index (χ0v) is 15.2. The van der Waals surface area contributed by atoms with Crippen LogP contribution in [-0.2, 0) is 20.7 Å². The molecule has 0 spiro atoms. The second kappa shape index (κ2) is 9.96. The first-order valence-corrected chi connectivity index (χ1v) is 8.47. The number of methoxy groups -OCH3 is 1. The van der Waals surface area contributed by atoms with Gasteiger partial charge in [-0.3, -0.25) is 25.2 Å². The van der Waals surface area contributed by atoms with Crippen molar-refractivity contribution in [2.24, 2.45) is 0 Å². The molecular weight excluding hydrogens is 348 g/mol. The molecule has 2 aromatic rings. The highest BCUT2D eigenvalue weighted by Crippen LogP contribution is 2.13. The number of carbonyl (C=O) groups is 3. The Morgan fingerprint density at radius 3 is 2.26 bits per heavy atom. The number of hydrogen-bond donors (Lipinski definition) is 2. The first-order valence-electron chi connectivity index (χ1n) is 8.47. The lowest BCUT2D eigenvalue weighted by Crippen LogP contribution is -2.46. The number of nitrogens with one attached hydrogen (secondary N) is 2. The van der Waals surface area contributed by atoms with E-state index in [0.717, 1.165) is 11.3 Å². The monoisotopic (exact) mass is 370 g/mol. The Labute approximate surface area is 157 Å². The molecule has 0 saturated heterocycles. The smallest absolute Gasteiger partial charge is 0.306 e. The van der Waals surface area contributed by atoms with E-state index >= 15 is 0 Å². The number of rotatable bonds is 7. The molecule has 0 heterocycles. The molecule has 0 aromatic heterocycles. The fourth-order valence-electron chi connectivity index (χ4n) is 2.23. The van der Waals surface area contributed by atoms with E-state index in [0.29, 0.717) is 12.0 Å². The van der Waals surface area contributed by atoms with Gasteiger partial charge in [-0.15, -0.1) is 0 Å². The summed E-state index contributed by atoms with van der Waals surface area (Å²) in [5, 5.41) is 0. The molecule has 0 saturated carbocycles. The van der Waals surface area contributed by atoms with Gasteiger partial charge in [0.25, 0.3) is 11.8 Å². The summed E-state index contributed by atoms with van der Waals surface area (Å²) in [5.74, 6) is -0.828. The Balaban J connectivity index is 1.72. The Morgan fingerprint density at radius 2 is 1.63 bits per heavy atom. The number of carbonyl (C=O) groups excluding carboxylic acids is 3. The summed E-state index contributed by atoms with van der Waals surface area (Å²) in [6.45, 7) is 1.44. The Kier molecular flexibility index (Phi) is 7.37. The van der Waals surface area contributed by atoms with E-state index < -0.39 is 23.9 Å². The van der Waals surface area contributed by atoms with Crippen molar-refractivity contribution in [2.45, 2.75) is 25.9 Å². The average molecular weight is 370 g/mol. The summed E-state index contributed by atoms with van der Waals surface area (Å²) in [6, 6.07) is 15.8. The van der Waals surface area contributed by atoms with Crippen LogP contribution in [0.1, 0.15) is 29.3 Å². The number of aryl methyl sites for hydroxylation is 1. The molecule has 142 valence electrons. The van der Waals surface area contributed by atoms with Gasteiger partial charge in [0.05, 0.1) is 7.11 Å². The van der Waals surface area contributed by atoms with Crippen LogP contribution < -0.4 is 15.6 Å². The van der Waals surface area contributed by atoms with Crippen molar-refractivity contribution < 1.29 is 23.9 Å². The van der Waals surface area contributed by atoms with Gasteiger partial charge in [-0.2, -0.15) is 0 Å². The Bertz CT molecular complexity index is 775. The zero-order chi connectivity index (χ0) is 19.6. The van der Waals surface area contributed by atoms with Crippen molar-refractivity contribution in [3.8, 4) is 5.75 Å². The number of ether oxygens (including phenoxy) is 2. The van der Waals surface area contributed by atoms with Crippen molar-refractivity contribution >= 4 is 17.8 Å². The summed E-state index contributed by atoms with van der Waals surface area (Å²) in [5.41, 5.74) is 5.89. The van der Waals surface area contributed by atoms with E-state index in [1.807, 2.05) is 24.3 Å². The standard InChI is InChI=1S/C20H22N2O5/c1-14(19(24)21-22-20(25)16-6-4-3-5-7-16)27-18(23)13-10-15-8-11-17(26-2)12-9-15/h3-9,11-12,14H,10,13H2,1-2H3,(H,21,24)(H,22,25)/t14-/m0/s1. The van der Waals surface area contributed by atoms with E-state index in [1.54, 1.807) is 37.4 Å². The van der Waals surface area contributed by atoms with Crippen molar-refractivity contribution in [3.05, 3.63) is 65.7 Å². The number of esters is 1. The molecular formula is C20H22N2O5.